The van der Waals surface area contributed by atoms with Crippen LogP contribution in [0.25, 0.3) is 0 Å². The van der Waals surface area contributed by atoms with Crippen molar-refractivity contribution in [1.82, 2.24) is 14.8 Å². The highest BCUT2D eigenvalue weighted by Gasteiger charge is 2.16. The standard InChI is InChI=1S/C8H5BrN4O3S/c9-7-2-1-6(17-7)5(14)3-12-4-10-8(11-12)13(15)16/h1-2,4H,3H2. The Labute approximate surface area is 107 Å². The number of carbonyl (C=O) groups excluding carboxylic acids is 1. The van der Waals surface area contributed by atoms with Gasteiger partial charge in [0.2, 0.25) is 6.33 Å². The SMILES string of the molecule is O=C(Cn1cnc([N+](=O)[O-])n1)c1ccc(Br)s1. The Morgan fingerprint density at radius 3 is 2.88 bits per heavy atom. The van der Waals surface area contributed by atoms with Crippen molar-refractivity contribution in [2.24, 2.45) is 0 Å². The van der Waals surface area contributed by atoms with Gasteiger partial charge in [-0.2, -0.15) is 4.68 Å². The molecule has 0 unspecified atom stereocenters. The minimum atomic E-state index is -0.706. The highest BCUT2D eigenvalue weighted by Crippen LogP contribution is 2.22. The second kappa shape index (κ2) is 4.72. The van der Waals surface area contributed by atoms with Gasteiger partial charge in [0, 0.05) is 5.10 Å². The normalized spacial score (nSPS) is 10.4. The highest BCUT2D eigenvalue weighted by molar-refractivity contribution is 9.11. The molecule has 0 N–H and O–H groups in total. The van der Waals surface area contributed by atoms with E-state index in [-0.39, 0.29) is 12.3 Å². The zero-order valence-corrected chi connectivity index (χ0v) is 10.6. The van der Waals surface area contributed by atoms with Gasteiger partial charge in [-0.25, -0.2) is 0 Å². The van der Waals surface area contributed by atoms with E-state index in [0.717, 1.165) is 8.47 Å². The number of hydrogen-bond acceptors (Lipinski definition) is 6. The van der Waals surface area contributed by atoms with Crippen molar-refractivity contribution in [2.45, 2.75) is 6.54 Å². The molecule has 88 valence electrons. The number of thiophene rings is 1. The molecule has 0 aliphatic carbocycles. The third kappa shape index (κ3) is 2.74. The molecule has 0 atom stereocenters. The molecule has 9 heteroatoms. The Hall–Kier alpha value is -1.61. The van der Waals surface area contributed by atoms with Gasteiger partial charge >= 0.3 is 5.95 Å². The van der Waals surface area contributed by atoms with Crippen molar-refractivity contribution >= 4 is 39.0 Å². The molecule has 0 aromatic carbocycles. The van der Waals surface area contributed by atoms with Crippen LogP contribution in [-0.2, 0) is 6.54 Å². The first-order chi connectivity index (χ1) is 8.06. The summed E-state index contributed by atoms with van der Waals surface area (Å²) in [6.07, 6.45) is 1.17. The molecule has 2 rings (SSSR count). The van der Waals surface area contributed by atoms with Crippen LogP contribution in [0.5, 0.6) is 0 Å². The second-order valence-corrected chi connectivity index (χ2v) is 5.49. The van der Waals surface area contributed by atoms with E-state index in [1.54, 1.807) is 12.1 Å². The van der Waals surface area contributed by atoms with Crippen LogP contribution in [0.3, 0.4) is 0 Å². The Bertz CT molecular complexity index is 579. The van der Waals surface area contributed by atoms with Gasteiger partial charge < -0.3 is 10.1 Å². The van der Waals surface area contributed by atoms with E-state index in [1.807, 2.05) is 0 Å². The number of aromatic nitrogens is 3. The first-order valence-electron chi connectivity index (χ1n) is 4.38. The molecule has 2 aromatic heterocycles. The molecule has 0 bridgehead atoms. The van der Waals surface area contributed by atoms with Gasteiger partial charge in [-0.15, -0.1) is 11.3 Å². The molecule has 7 nitrogen and oxygen atoms in total. The van der Waals surface area contributed by atoms with E-state index < -0.39 is 10.9 Å². The van der Waals surface area contributed by atoms with E-state index in [2.05, 4.69) is 26.0 Å². The van der Waals surface area contributed by atoms with Gasteiger partial charge in [-0.3, -0.25) is 4.79 Å². The van der Waals surface area contributed by atoms with Gasteiger partial charge in [-0.05, 0) is 33.0 Å². The van der Waals surface area contributed by atoms with Crippen LogP contribution in [0.2, 0.25) is 0 Å². The number of halogens is 1. The summed E-state index contributed by atoms with van der Waals surface area (Å²) in [5.41, 5.74) is 0. The van der Waals surface area contributed by atoms with E-state index in [9.17, 15) is 14.9 Å². The fourth-order valence-electron chi connectivity index (χ4n) is 1.13. The van der Waals surface area contributed by atoms with Crippen LogP contribution >= 0.6 is 27.3 Å². The lowest BCUT2D eigenvalue weighted by Gasteiger charge is -1.93. The molecule has 0 fully saturated rings. The number of nitro groups is 1. The lowest BCUT2D eigenvalue weighted by Crippen LogP contribution is -2.09. The van der Waals surface area contributed by atoms with Crippen LogP contribution in [0.15, 0.2) is 22.2 Å². The van der Waals surface area contributed by atoms with Crippen LogP contribution in [-0.4, -0.2) is 25.5 Å². The number of carbonyl (C=O) groups is 1. The van der Waals surface area contributed by atoms with Gasteiger partial charge in [0.1, 0.15) is 6.54 Å². The van der Waals surface area contributed by atoms with Gasteiger partial charge in [-0.1, -0.05) is 4.98 Å². The number of ketones is 1. The van der Waals surface area contributed by atoms with E-state index in [4.69, 9.17) is 0 Å². The minimum absolute atomic E-state index is 0.0617. The summed E-state index contributed by atoms with van der Waals surface area (Å²) in [5.74, 6) is -0.675. The zero-order valence-electron chi connectivity index (χ0n) is 8.24. The van der Waals surface area contributed by atoms with Crippen molar-refractivity contribution in [3.05, 3.63) is 37.2 Å². The molecule has 0 amide bonds. The van der Waals surface area contributed by atoms with E-state index >= 15 is 0 Å². The van der Waals surface area contributed by atoms with Crippen molar-refractivity contribution in [1.29, 1.82) is 0 Å². The van der Waals surface area contributed by atoms with E-state index in [1.165, 1.54) is 17.7 Å². The third-order valence-corrected chi connectivity index (χ3v) is 3.51. The molecule has 0 saturated heterocycles. The van der Waals surface area contributed by atoms with Crippen LogP contribution < -0.4 is 0 Å². The Morgan fingerprint density at radius 2 is 2.35 bits per heavy atom. The number of Topliss-reactive ketones (excluding diaryl/α,β-unsaturated/α-hetero) is 1. The molecule has 0 aliphatic rings. The summed E-state index contributed by atoms with van der Waals surface area (Å²) in [6, 6.07) is 3.45. The molecule has 0 aliphatic heterocycles. The summed E-state index contributed by atoms with van der Waals surface area (Å²) < 4.78 is 2.00. The smallest absolute Gasteiger partial charge is 0.390 e. The maximum atomic E-state index is 11.7. The van der Waals surface area contributed by atoms with Gasteiger partial charge in [0.25, 0.3) is 0 Å². The molecule has 0 saturated carbocycles. The lowest BCUT2D eigenvalue weighted by molar-refractivity contribution is -0.394. The predicted octanol–water partition coefficient (Wildman–Crippen LogP) is 1.89. The van der Waals surface area contributed by atoms with Gasteiger partial charge in [0.15, 0.2) is 5.78 Å². The maximum absolute atomic E-state index is 11.7. The van der Waals surface area contributed by atoms with Crippen molar-refractivity contribution in [2.75, 3.05) is 0 Å². The summed E-state index contributed by atoms with van der Waals surface area (Å²) >= 11 is 4.55. The average molecular weight is 317 g/mol. The Kier molecular flexibility index (Phi) is 3.29. The Morgan fingerprint density at radius 1 is 1.59 bits per heavy atom. The van der Waals surface area contributed by atoms with Crippen LogP contribution in [0.4, 0.5) is 5.95 Å². The van der Waals surface area contributed by atoms with Gasteiger partial charge in [0.05, 0.1) is 8.66 Å². The monoisotopic (exact) mass is 316 g/mol. The van der Waals surface area contributed by atoms with E-state index in [0.29, 0.717) is 4.88 Å². The third-order valence-electron chi connectivity index (χ3n) is 1.84. The molecule has 2 heterocycles. The van der Waals surface area contributed by atoms with Crippen molar-refractivity contribution < 1.29 is 9.72 Å². The quantitative estimate of drug-likeness (QED) is 0.488. The molecular weight excluding hydrogens is 312 g/mol. The lowest BCUT2D eigenvalue weighted by atomic mass is 10.3. The summed E-state index contributed by atoms with van der Waals surface area (Å²) in [5, 5.41) is 13.9. The van der Waals surface area contributed by atoms with Crippen molar-refractivity contribution in [3.8, 4) is 0 Å². The summed E-state index contributed by atoms with van der Waals surface area (Å²) in [4.78, 5) is 25.4. The topological polar surface area (TPSA) is 90.9 Å². The maximum Gasteiger partial charge on any atom is 0.490 e. The fraction of sp³-hybridized carbons (Fsp3) is 0.125. The number of hydrogen-bond donors (Lipinski definition) is 0. The minimum Gasteiger partial charge on any atom is -0.390 e. The molecular formula is C8H5BrN4O3S. The average Bonchev–Trinajstić information content (AvgIpc) is 2.86. The molecule has 0 spiro atoms. The Balaban J connectivity index is 2.10. The highest BCUT2D eigenvalue weighted by atomic mass is 79.9. The summed E-state index contributed by atoms with van der Waals surface area (Å²) in [7, 11) is 0. The second-order valence-electron chi connectivity index (χ2n) is 3.03. The largest absolute Gasteiger partial charge is 0.490 e. The fourth-order valence-corrected chi connectivity index (χ4v) is 2.45. The number of nitrogens with zero attached hydrogens (tertiary/aromatic N) is 4. The molecule has 2 aromatic rings. The predicted molar refractivity (Wildman–Crippen MR) is 63.0 cm³/mol. The molecule has 17 heavy (non-hydrogen) atoms. The zero-order chi connectivity index (χ0) is 12.4. The van der Waals surface area contributed by atoms with Crippen LogP contribution in [0.1, 0.15) is 9.67 Å². The van der Waals surface area contributed by atoms with Crippen molar-refractivity contribution in [3.63, 3.8) is 0 Å². The first kappa shape index (κ1) is 11.9. The first-order valence-corrected chi connectivity index (χ1v) is 5.99. The summed E-state index contributed by atoms with van der Waals surface area (Å²) in [6.45, 7) is -0.0617. The van der Waals surface area contributed by atoms with Crippen LogP contribution in [0, 0.1) is 10.1 Å². The molecule has 0 radical (unpaired) electrons. The number of rotatable bonds is 4.